The third kappa shape index (κ3) is 5.24. The number of aryl methyl sites for hydroxylation is 2. The van der Waals surface area contributed by atoms with Gasteiger partial charge in [0, 0.05) is 49.6 Å². The lowest BCUT2D eigenvalue weighted by molar-refractivity contribution is -0.0816. The third-order valence-corrected chi connectivity index (χ3v) is 7.65. The molecule has 0 aromatic carbocycles. The molecule has 2 unspecified atom stereocenters. The lowest BCUT2D eigenvalue weighted by atomic mass is 10.1. The summed E-state index contributed by atoms with van der Waals surface area (Å²) in [6, 6.07) is 1.72. The highest BCUT2D eigenvalue weighted by molar-refractivity contribution is 7.89. The van der Waals surface area contributed by atoms with Gasteiger partial charge in [0.15, 0.2) is 5.96 Å². The third-order valence-electron chi connectivity index (χ3n) is 4.97. The van der Waals surface area contributed by atoms with Crippen LogP contribution in [0.4, 0.5) is 0 Å². The number of hydrogen-bond donors (Lipinski definition) is 2. The molecule has 0 spiro atoms. The Labute approximate surface area is 171 Å². The highest BCUT2D eigenvalue weighted by Gasteiger charge is 2.32. The van der Waals surface area contributed by atoms with Crippen LogP contribution in [0.2, 0.25) is 0 Å². The molecule has 28 heavy (non-hydrogen) atoms. The van der Waals surface area contributed by atoms with Crippen LogP contribution in [-0.2, 0) is 19.5 Å². The predicted octanol–water partition coefficient (Wildman–Crippen LogP) is 1.10. The molecular weight excluding hydrogens is 400 g/mol. The second-order valence-corrected chi connectivity index (χ2v) is 10.3. The molecule has 3 heterocycles. The van der Waals surface area contributed by atoms with Crippen molar-refractivity contribution in [2.24, 2.45) is 4.99 Å². The Kier molecular flexibility index (Phi) is 7.32. The van der Waals surface area contributed by atoms with Gasteiger partial charge in [-0.1, -0.05) is 0 Å². The summed E-state index contributed by atoms with van der Waals surface area (Å²) in [7, 11) is -1.75. The van der Waals surface area contributed by atoms with Gasteiger partial charge in [-0.3, -0.25) is 4.99 Å². The van der Waals surface area contributed by atoms with Gasteiger partial charge in [0.2, 0.25) is 10.0 Å². The Morgan fingerprint density at radius 1 is 1.29 bits per heavy atom. The smallest absolute Gasteiger partial charge is 0.241 e. The van der Waals surface area contributed by atoms with Crippen LogP contribution in [0, 0.1) is 13.8 Å². The summed E-state index contributed by atoms with van der Waals surface area (Å²) in [6.45, 7) is 7.40. The standard InChI is InChI=1S/C18H30N4O4S2/c1-13-11-17(14(2)27-13)28(23,24)21-7-6-20-18(19-3)22-8-10-26-16(12-22)15-5-4-9-25-15/h11,15-16,21H,4-10,12H2,1-3H3,(H,19,20). The van der Waals surface area contributed by atoms with E-state index in [9.17, 15) is 8.42 Å². The van der Waals surface area contributed by atoms with Crippen molar-refractivity contribution in [2.75, 3.05) is 46.4 Å². The van der Waals surface area contributed by atoms with Crippen molar-refractivity contribution in [2.45, 2.75) is 43.8 Å². The molecule has 0 aliphatic carbocycles. The summed E-state index contributed by atoms with van der Waals surface area (Å²) in [4.78, 5) is 8.66. The Hall–Kier alpha value is -1.20. The fraction of sp³-hybridized carbons (Fsp3) is 0.722. The van der Waals surface area contributed by atoms with Crippen molar-refractivity contribution in [3.8, 4) is 0 Å². The monoisotopic (exact) mass is 430 g/mol. The first-order chi connectivity index (χ1) is 13.4. The van der Waals surface area contributed by atoms with E-state index in [0.717, 1.165) is 48.3 Å². The maximum Gasteiger partial charge on any atom is 0.241 e. The molecule has 1 aromatic heterocycles. The fourth-order valence-electron chi connectivity index (χ4n) is 3.63. The number of ether oxygens (including phenoxy) is 2. The van der Waals surface area contributed by atoms with E-state index < -0.39 is 10.0 Å². The molecule has 8 nitrogen and oxygen atoms in total. The predicted molar refractivity (Wildman–Crippen MR) is 111 cm³/mol. The molecule has 3 rings (SSSR count). The lowest BCUT2D eigenvalue weighted by Gasteiger charge is -2.37. The maximum atomic E-state index is 12.5. The number of sulfonamides is 1. The summed E-state index contributed by atoms with van der Waals surface area (Å²) in [6.07, 6.45) is 2.33. The van der Waals surface area contributed by atoms with Gasteiger partial charge in [0.05, 0.1) is 17.6 Å². The minimum Gasteiger partial charge on any atom is -0.375 e. The number of guanidine groups is 1. The summed E-state index contributed by atoms with van der Waals surface area (Å²) in [5, 5.41) is 3.25. The Bertz CT molecular complexity index is 788. The zero-order valence-corrected chi connectivity index (χ0v) is 18.4. The molecule has 0 bridgehead atoms. The molecular formula is C18H30N4O4S2. The largest absolute Gasteiger partial charge is 0.375 e. The van der Waals surface area contributed by atoms with Gasteiger partial charge in [0.25, 0.3) is 0 Å². The van der Waals surface area contributed by atoms with E-state index in [4.69, 9.17) is 9.47 Å². The molecule has 2 saturated heterocycles. The quantitative estimate of drug-likeness (QED) is 0.399. The van der Waals surface area contributed by atoms with Crippen molar-refractivity contribution in [3.63, 3.8) is 0 Å². The van der Waals surface area contributed by atoms with E-state index >= 15 is 0 Å². The number of morpholine rings is 1. The van der Waals surface area contributed by atoms with Gasteiger partial charge in [-0.15, -0.1) is 11.3 Å². The highest BCUT2D eigenvalue weighted by Crippen LogP contribution is 2.24. The zero-order chi connectivity index (χ0) is 20.1. The normalized spacial score (nSPS) is 24.0. The van der Waals surface area contributed by atoms with Crippen LogP contribution in [0.1, 0.15) is 22.6 Å². The summed E-state index contributed by atoms with van der Waals surface area (Å²) in [5.41, 5.74) is 0. The van der Waals surface area contributed by atoms with Crippen molar-refractivity contribution in [3.05, 3.63) is 15.8 Å². The van der Waals surface area contributed by atoms with Crippen molar-refractivity contribution in [1.82, 2.24) is 14.9 Å². The van der Waals surface area contributed by atoms with E-state index in [1.54, 1.807) is 13.1 Å². The van der Waals surface area contributed by atoms with Crippen molar-refractivity contribution in [1.29, 1.82) is 0 Å². The minimum absolute atomic E-state index is 0.0538. The molecule has 2 aliphatic heterocycles. The number of aliphatic imine (C=N–C) groups is 1. The topological polar surface area (TPSA) is 92.3 Å². The van der Waals surface area contributed by atoms with Gasteiger partial charge in [-0.25, -0.2) is 13.1 Å². The minimum atomic E-state index is -3.49. The number of thiophene rings is 1. The van der Waals surface area contributed by atoms with Crippen LogP contribution in [0.3, 0.4) is 0 Å². The van der Waals surface area contributed by atoms with E-state index in [2.05, 4.69) is 19.9 Å². The molecule has 1 aromatic rings. The van der Waals surface area contributed by atoms with Gasteiger partial charge in [-0.2, -0.15) is 0 Å². The first-order valence-corrected chi connectivity index (χ1v) is 12.0. The van der Waals surface area contributed by atoms with Crippen LogP contribution in [0.5, 0.6) is 0 Å². The molecule has 2 aliphatic rings. The van der Waals surface area contributed by atoms with E-state index in [0.29, 0.717) is 18.0 Å². The Morgan fingerprint density at radius 3 is 2.71 bits per heavy atom. The maximum absolute atomic E-state index is 12.5. The molecule has 0 radical (unpaired) electrons. The molecule has 10 heteroatoms. The highest BCUT2D eigenvalue weighted by atomic mass is 32.2. The van der Waals surface area contributed by atoms with E-state index in [-0.39, 0.29) is 18.8 Å². The van der Waals surface area contributed by atoms with Gasteiger partial charge in [0.1, 0.15) is 6.10 Å². The molecule has 0 saturated carbocycles. The Morgan fingerprint density at radius 2 is 2.07 bits per heavy atom. The average Bonchev–Trinajstić information content (AvgIpc) is 3.32. The van der Waals surface area contributed by atoms with Crippen LogP contribution in [-0.4, -0.2) is 77.9 Å². The SMILES string of the molecule is CN=C(NCCNS(=O)(=O)c1cc(C)sc1C)N1CCOC(C2CCCO2)C1. The number of rotatable bonds is 6. The zero-order valence-electron chi connectivity index (χ0n) is 16.7. The lowest BCUT2D eigenvalue weighted by Crippen LogP contribution is -2.54. The number of nitrogens with zero attached hydrogens (tertiary/aromatic N) is 2. The van der Waals surface area contributed by atoms with Crippen LogP contribution < -0.4 is 10.0 Å². The fourth-order valence-corrected chi connectivity index (χ4v) is 6.22. The van der Waals surface area contributed by atoms with Crippen LogP contribution in [0.15, 0.2) is 16.0 Å². The van der Waals surface area contributed by atoms with Crippen molar-refractivity contribution < 1.29 is 17.9 Å². The van der Waals surface area contributed by atoms with E-state index in [1.165, 1.54) is 11.3 Å². The molecule has 2 atom stereocenters. The second kappa shape index (κ2) is 9.53. The first-order valence-electron chi connectivity index (χ1n) is 9.66. The van der Waals surface area contributed by atoms with E-state index in [1.807, 2.05) is 13.8 Å². The average molecular weight is 431 g/mol. The first kappa shape index (κ1) is 21.5. The summed E-state index contributed by atoms with van der Waals surface area (Å²) in [5.74, 6) is 0.757. The van der Waals surface area contributed by atoms with Crippen LogP contribution in [0.25, 0.3) is 0 Å². The van der Waals surface area contributed by atoms with Gasteiger partial charge in [-0.05, 0) is 32.8 Å². The summed E-state index contributed by atoms with van der Waals surface area (Å²) < 4.78 is 39.2. The van der Waals surface area contributed by atoms with Crippen molar-refractivity contribution >= 4 is 27.3 Å². The molecule has 2 fully saturated rings. The summed E-state index contributed by atoms with van der Waals surface area (Å²) >= 11 is 1.49. The van der Waals surface area contributed by atoms with Crippen LogP contribution >= 0.6 is 11.3 Å². The number of nitrogens with one attached hydrogen (secondary N) is 2. The molecule has 0 amide bonds. The second-order valence-electron chi connectivity index (χ2n) is 7.06. The molecule has 2 N–H and O–H groups in total. The van der Waals surface area contributed by atoms with Gasteiger partial charge < -0.3 is 19.7 Å². The molecule has 158 valence electrons. The Balaban J connectivity index is 1.48. The van der Waals surface area contributed by atoms with Gasteiger partial charge >= 0.3 is 0 Å². The number of hydrogen-bond acceptors (Lipinski definition) is 6.